The van der Waals surface area contributed by atoms with Crippen molar-refractivity contribution < 1.29 is 4.74 Å². The maximum atomic E-state index is 6.11. The van der Waals surface area contributed by atoms with Crippen LogP contribution in [-0.2, 0) is 0 Å². The van der Waals surface area contributed by atoms with Crippen molar-refractivity contribution in [3.05, 3.63) is 137 Å². The highest BCUT2D eigenvalue weighted by molar-refractivity contribution is 7.80. The summed E-state index contributed by atoms with van der Waals surface area (Å²) in [7, 11) is 0. The average Bonchev–Trinajstić information content (AvgIpc) is 3.46. The molecule has 2 aromatic heterocycles. The van der Waals surface area contributed by atoms with Gasteiger partial charge in [-0.1, -0.05) is 42.0 Å². The Morgan fingerprint density at radius 1 is 0.780 bits per heavy atom. The Morgan fingerprint density at radius 2 is 1.44 bits per heavy atom. The van der Waals surface area contributed by atoms with Crippen molar-refractivity contribution >= 4 is 23.0 Å². The number of hydrogen-bond donors (Lipinski definition) is 1. The van der Waals surface area contributed by atoms with Crippen molar-refractivity contribution in [2.24, 2.45) is 0 Å². The van der Waals surface area contributed by atoms with E-state index < -0.39 is 0 Å². The standard InChI is InChI=1S/C35H34N4OS/c1-22-12-16-28(17-13-22)40-29-18-14-27(15-19-29)39-34(32(37-35(39)41)31-11-6-7-20-36-31)30-21-25(4)38(26(30)5)33-23(2)9-8-10-24(33)3/h6-21,32,34H,1-5H3,(H,37,41)/t32-,34+/m1/s1. The molecule has 0 bridgehead atoms. The van der Waals surface area contributed by atoms with Gasteiger partial charge < -0.3 is 19.5 Å². The number of ether oxygens (including phenoxy) is 1. The van der Waals surface area contributed by atoms with Crippen LogP contribution in [0.15, 0.2) is 97.2 Å². The number of nitrogens with zero attached hydrogens (tertiary/aromatic N) is 3. The van der Waals surface area contributed by atoms with E-state index in [2.05, 4.69) is 104 Å². The van der Waals surface area contributed by atoms with Gasteiger partial charge in [0.2, 0.25) is 0 Å². The third kappa shape index (κ3) is 5.00. The molecule has 1 fully saturated rings. The van der Waals surface area contributed by atoms with E-state index in [1.54, 1.807) is 0 Å². The van der Waals surface area contributed by atoms with Crippen LogP contribution in [0, 0.1) is 34.6 Å². The summed E-state index contributed by atoms with van der Waals surface area (Å²) in [6, 6.07) is 30.9. The molecule has 6 rings (SSSR count). The molecule has 6 heteroatoms. The topological polar surface area (TPSA) is 42.3 Å². The molecular formula is C35H34N4OS. The summed E-state index contributed by atoms with van der Waals surface area (Å²) in [6.07, 6.45) is 1.84. The quantitative estimate of drug-likeness (QED) is 0.212. The first-order valence-electron chi connectivity index (χ1n) is 13.9. The molecule has 5 nitrogen and oxygen atoms in total. The van der Waals surface area contributed by atoms with Gasteiger partial charge in [-0.3, -0.25) is 4.98 Å². The minimum atomic E-state index is -0.112. The fourth-order valence-corrected chi connectivity index (χ4v) is 6.30. The van der Waals surface area contributed by atoms with Crippen molar-refractivity contribution in [3.63, 3.8) is 0 Å². The van der Waals surface area contributed by atoms with Crippen LogP contribution in [0.25, 0.3) is 5.69 Å². The fourth-order valence-electron chi connectivity index (χ4n) is 5.96. The van der Waals surface area contributed by atoms with E-state index in [1.807, 2.05) is 42.6 Å². The molecule has 3 heterocycles. The van der Waals surface area contributed by atoms with E-state index in [-0.39, 0.29) is 12.1 Å². The number of benzene rings is 3. The van der Waals surface area contributed by atoms with Crippen molar-refractivity contribution in [3.8, 4) is 17.2 Å². The highest BCUT2D eigenvalue weighted by atomic mass is 32.1. The second kappa shape index (κ2) is 10.9. The van der Waals surface area contributed by atoms with Crippen LogP contribution in [0.2, 0.25) is 0 Å². The van der Waals surface area contributed by atoms with Crippen LogP contribution in [0.3, 0.4) is 0 Å². The predicted octanol–water partition coefficient (Wildman–Crippen LogP) is 8.38. The Kier molecular flexibility index (Phi) is 7.10. The van der Waals surface area contributed by atoms with Crippen LogP contribution in [-0.4, -0.2) is 14.7 Å². The van der Waals surface area contributed by atoms with E-state index in [0.717, 1.165) is 22.9 Å². The first-order valence-corrected chi connectivity index (χ1v) is 14.3. The minimum Gasteiger partial charge on any atom is -0.457 e. The Hall–Kier alpha value is -4.42. The number of thiocarbonyl (C=S) groups is 1. The molecular weight excluding hydrogens is 524 g/mol. The number of aryl methyl sites for hydroxylation is 4. The molecule has 0 spiro atoms. The summed E-state index contributed by atoms with van der Waals surface area (Å²) in [4.78, 5) is 6.96. The number of anilines is 1. The molecule has 206 valence electrons. The number of pyridine rings is 1. The number of hydrogen-bond acceptors (Lipinski definition) is 3. The van der Waals surface area contributed by atoms with E-state index in [1.165, 1.54) is 39.3 Å². The smallest absolute Gasteiger partial charge is 0.174 e. The van der Waals surface area contributed by atoms with Crippen LogP contribution in [0.1, 0.15) is 51.4 Å². The third-order valence-corrected chi connectivity index (χ3v) is 8.24. The maximum Gasteiger partial charge on any atom is 0.174 e. The average molecular weight is 559 g/mol. The largest absolute Gasteiger partial charge is 0.457 e. The van der Waals surface area contributed by atoms with Crippen LogP contribution in [0.4, 0.5) is 5.69 Å². The van der Waals surface area contributed by atoms with Gasteiger partial charge in [-0.15, -0.1) is 0 Å². The number of aromatic nitrogens is 2. The van der Waals surface area contributed by atoms with Gasteiger partial charge in [-0.25, -0.2) is 0 Å². The van der Waals surface area contributed by atoms with E-state index >= 15 is 0 Å². The molecule has 3 aromatic carbocycles. The van der Waals surface area contributed by atoms with Gasteiger partial charge in [0.1, 0.15) is 11.5 Å². The lowest BCUT2D eigenvalue weighted by Gasteiger charge is -2.28. The summed E-state index contributed by atoms with van der Waals surface area (Å²) in [5.74, 6) is 1.59. The zero-order valence-electron chi connectivity index (χ0n) is 24.1. The molecule has 1 N–H and O–H groups in total. The molecule has 1 aliphatic rings. The van der Waals surface area contributed by atoms with Crippen molar-refractivity contribution in [2.45, 2.75) is 46.7 Å². The molecule has 1 aliphatic heterocycles. The lowest BCUT2D eigenvalue weighted by molar-refractivity contribution is 0.482. The summed E-state index contributed by atoms with van der Waals surface area (Å²) < 4.78 is 8.49. The van der Waals surface area contributed by atoms with Gasteiger partial charge >= 0.3 is 0 Å². The molecule has 2 atom stereocenters. The van der Waals surface area contributed by atoms with Crippen molar-refractivity contribution in [1.29, 1.82) is 0 Å². The Bertz CT molecular complexity index is 1690. The molecule has 0 unspecified atom stereocenters. The summed E-state index contributed by atoms with van der Waals surface area (Å²) in [5, 5.41) is 4.28. The summed E-state index contributed by atoms with van der Waals surface area (Å²) in [6.45, 7) is 10.8. The first-order chi connectivity index (χ1) is 19.8. The SMILES string of the molecule is Cc1ccc(Oc2ccc(N3C(=S)N[C@H](c4ccccn4)[C@@H]3c3cc(C)n(-c4c(C)cccc4C)c3C)cc2)cc1. The minimum absolute atomic E-state index is 0.0921. The molecule has 5 aromatic rings. The molecule has 0 saturated carbocycles. The number of para-hydroxylation sites is 1. The van der Waals surface area contributed by atoms with Crippen molar-refractivity contribution in [1.82, 2.24) is 14.9 Å². The zero-order chi connectivity index (χ0) is 28.7. The predicted molar refractivity (Wildman–Crippen MR) is 170 cm³/mol. The number of rotatable bonds is 6. The summed E-state index contributed by atoms with van der Waals surface area (Å²) in [5.41, 5.74) is 10.5. The zero-order valence-corrected chi connectivity index (χ0v) is 24.9. The monoisotopic (exact) mass is 558 g/mol. The van der Waals surface area contributed by atoms with Gasteiger partial charge in [-0.2, -0.15) is 0 Å². The molecule has 1 saturated heterocycles. The summed E-state index contributed by atoms with van der Waals surface area (Å²) >= 11 is 5.99. The van der Waals surface area contributed by atoms with Gasteiger partial charge in [0.05, 0.1) is 23.5 Å². The lowest BCUT2D eigenvalue weighted by atomic mass is 9.96. The van der Waals surface area contributed by atoms with Gasteiger partial charge in [0.25, 0.3) is 0 Å². The Labute approximate surface area is 247 Å². The van der Waals surface area contributed by atoms with Gasteiger partial charge in [0.15, 0.2) is 5.11 Å². The van der Waals surface area contributed by atoms with Crippen LogP contribution >= 0.6 is 12.2 Å². The van der Waals surface area contributed by atoms with E-state index in [9.17, 15) is 0 Å². The van der Waals surface area contributed by atoms with Gasteiger partial charge in [-0.05, 0) is 118 Å². The highest BCUT2D eigenvalue weighted by Gasteiger charge is 2.42. The van der Waals surface area contributed by atoms with Crippen LogP contribution in [0.5, 0.6) is 11.5 Å². The molecule has 0 amide bonds. The first kappa shape index (κ1) is 26.8. The maximum absolute atomic E-state index is 6.11. The van der Waals surface area contributed by atoms with E-state index in [0.29, 0.717) is 5.11 Å². The second-order valence-electron chi connectivity index (χ2n) is 10.8. The molecule has 0 aliphatic carbocycles. The Balaban J connectivity index is 1.43. The number of nitrogens with one attached hydrogen (secondary N) is 1. The Morgan fingerprint density at radius 3 is 2.07 bits per heavy atom. The lowest BCUT2D eigenvalue weighted by Crippen LogP contribution is -2.29. The highest BCUT2D eigenvalue weighted by Crippen LogP contribution is 2.44. The molecule has 41 heavy (non-hydrogen) atoms. The van der Waals surface area contributed by atoms with Crippen molar-refractivity contribution in [2.75, 3.05) is 4.90 Å². The third-order valence-electron chi connectivity index (χ3n) is 7.92. The van der Waals surface area contributed by atoms with E-state index in [4.69, 9.17) is 21.9 Å². The normalized spacial score (nSPS) is 16.6. The second-order valence-corrected chi connectivity index (χ2v) is 11.2. The fraction of sp³-hybridized carbons (Fsp3) is 0.200. The van der Waals surface area contributed by atoms with Crippen LogP contribution < -0.4 is 15.0 Å². The van der Waals surface area contributed by atoms with Gasteiger partial charge in [0, 0.05) is 23.3 Å². The molecule has 0 radical (unpaired) electrons.